The summed E-state index contributed by atoms with van der Waals surface area (Å²) in [6.07, 6.45) is 1.82. The molecule has 0 amide bonds. The topological polar surface area (TPSA) is 32.5 Å². The van der Waals surface area contributed by atoms with Crippen molar-refractivity contribution in [1.82, 2.24) is 4.90 Å². The van der Waals surface area contributed by atoms with Crippen molar-refractivity contribution >= 4 is 17.3 Å². The van der Waals surface area contributed by atoms with E-state index in [1.165, 1.54) is 11.3 Å². The van der Waals surface area contributed by atoms with Crippen LogP contribution in [-0.4, -0.2) is 43.2 Å². The molecule has 1 fully saturated rings. The number of likely N-dealkylation sites (N-methyl/N-ethyl adjacent to an activating group) is 1. The van der Waals surface area contributed by atoms with E-state index in [1.54, 1.807) is 0 Å². The Hall–Kier alpha value is -0.770. The van der Waals surface area contributed by atoms with Gasteiger partial charge < -0.3 is 10.6 Å². The highest BCUT2D eigenvalue weighted by atomic mass is 35.5. The molecule has 0 spiro atoms. The number of rotatable bonds is 4. The Morgan fingerprint density at radius 2 is 2.05 bits per heavy atom. The summed E-state index contributed by atoms with van der Waals surface area (Å²) >= 11 is 6.46. The van der Waals surface area contributed by atoms with Gasteiger partial charge in [-0.05, 0) is 51.4 Å². The molecule has 3 nitrogen and oxygen atoms in total. The minimum Gasteiger partial charge on any atom is -0.368 e. The molecular formula is C17H28ClN3. The second-order valence-electron chi connectivity index (χ2n) is 6.77. The van der Waals surface area contributed by atoms with E-state index in [4.69, 9.17) is 17.3 Å². The predicted octanol–water partition coefficient (Wildman–Crippen LogP) is 3.15. The third-order valence-electron chi connectivity index (χ3n) is 4.74. The van der Waals surface area contributed by atoms with E-state index in [9.17, 15) is 0 Å². The van der Waals surface area contributed by atoms with Crippen LogP contribution < -0.4 is 10.6 Å². The third kappa shape index (κ3) is 3.71. The molecule has 1 heterocycles. The van der Waals surface area contributed by atoms with E-state index in [2.05, 4.69) is 43.7 Å². The van der Waals surface area contributed by atoms with Gasteiger partial charge in [0.25, 0.3) is 0 Å². The van der Waals surface area contributed by atoms with Crippen LogP contribution in [0.3, 0.4) is 0 Å². The highest BCUT2D eigenvalue weighted by Crippen LogP contribution is 2.32. The molecule has 2 N–H and O–H groups in total. The summed E-state index contributed by atoms with van der Waals surface area (Å²) in [5, 5.41) is 0.841. The van der Waals surface area contributed by atoms with Gasteiger partial charge in [0.05, 0.1) is 0 Å². The van der Waals surface area contributed by atoms with Crippen molar-refractivity contribution in [2.75, 3.05) is 31.6 Å². The zero-order valence-corrected chi connectivity index (χ0v) is 14.5. The van der Waals surface area contributed by atoms with E-state index in [-0.39, 0.29) is 11.6 Å². The van der Waals surface area contributed by atoms with Gasteiger partial charge >= 0.3 is 0 Å². The maximum atomic E-state index is 6.46. The number of nitrogens with zero attached hydrogens (tertiary/aromatic N) is 2. The van der Waals surface area contributed by atoms with Crippen LogP contribution in [0.2, 0.25) is 5.02 Å². The van der Waals surface area contributed by atoms with E-state index in [0.29, 0.717) is 0 Å². The van der Waals surface area contributed by atoms with E-state index in [1.807, 2.05) is 12.1 Å². The Labute approximate surface area is 134 Å². The number of anilines is 1. The lowest BCUT2D eigenvalue weighted by atomic mass is 9.96. The fourth-order valence-electron chi connectivity index (χ4n) is 2.90. The summed E-state index contributed by atoms with van der Waals surface area (Å²) in [5.41, 5.74) is 8.79. The fraction of sp³-hybridized carbons (Fsp3) is 0.647. The number of halogens is 1. The molecule has 0 saturated carbocycles. The fourth-order valence-corrected chi connectivity index (χ4v) is 3.14. The number of benzene rings is 1. The molecule has 1 aromatic rings. The number of hydrogen-bond acceptors (Lipinski definition) is 3. The molecule has 1 aliphatic heterocycles. The maximum absolute atomic E-state index is 6.46. The van der Waals surface area contributed by atoms with Crippen molar-refractivity contribution in [3.8, 4) is 0 Å². The van der Waals surface area contributed by atoms with Gasteiger partial charge in [0.15, 0.2) is 0 Å². The normalized spacial score (nSPS) is 20.6. The molecule has 0 aliphatic carbocycles. The zero-order chi connectivity index (χ0) is 15.6. The standard InChI is InChI=1S/C17H28ClN3/c1-5-13(19)11-14-15(18)7-6-8-16(14)21-10-9-20(4)17(2,3)12-21/h6-8,13H,5,9-12,19H2,1-4H3. The second kappa shape index (κ2) is 6.55. The number of nitrogens with two attached hydrogens (primary N) is 1. The minimum atomic E-state index is 0.170. The van der Waals surface area contributed by atoms with Crippen LogP contribution in [0.1, 0.15) is 32.8 Å². The maximum Gasteiger partial charge on any atom is 0.0459 e. The molecule has 4 heteroatoms. The molecule has 21 heavy (non-hydrogen) atoms. The first-order valence-electron chi connectivity index (χ1n) is 7.84. The van der Waals surface area contributed by atoms with Crippen LogP contribution in [0.25, 0.3) is 0 Å². The Kier molecular flexibility index (Phi) is 5.18. The van der Waals surface area contributed by atoms with Crippen LogP contribution in [0.15, 0.2) is 18.2 Å². The lowest BCUT2D eigenvalue weighted by Gasteiger charge is -2.46. The summed E-state index contributed by atoms with van der Waals surface area (Å²) in [4.78, 5) is 4.88. The van der Waals surface area contributed by atoms with Gasteiger partial charge in [0.2, 0.25) is 0 Å². The molecule has 1 atom stereocenters. The smallest absolute Gasteiger partial charge is 0.0459 e. The van der Waals surface area contributed by atoms with E-state index in [0.717, 1.165) is 37.5 Å². The average molecular weight is 310 g/mol. The number of piperazine rings is 1. The van der Waals surface area contributed by atoms with Crippen LogP contribution in [0.4, 0.5) is 5.69 Å². The van der Waals surface area contributed by atoms with Crippen LogP contribution in [-0.2, 0) is 6.42 Å². The molecule has 1 unspecified atom stereocenters. The van der Waals surface area contributed by atoms with Crippen LogP contribution in [0.5, 0.6) is 0 Å². The minimum absolute atomic E-state index is 0.170. The van der Waals surface area contributed by atoms with Crippen molar-refractivity contribution in [2.45, 2.75) is 45.2 Å². The van der Waals surface area contributed by atoms with Gasteiger partial charge in [-0.25, -0.2) is 0 Å². The van der Waals surface area contributed by atoms with Gasteiger partial charge in [-0.3, -0.25) is 4.90 Å². The van der Waals surface area contributed by atoms with Gasteiger partial charge in [-0.2, -0.15) is 0 Å². The van der Waals surface area contributed by atoms with Crippen molar-refractivity contribution in [1.29, 1.82) is 0 Å². The largest absolute Gasteiger partial charge is 0.368 e. The average Bonchev–Trinajstić information content (AvgIpc) is 2.44. The number of hydrogen-bond donors (Lipinski definition) is 1. The highest BCUT2D eigenvalue weighted by molar-refractivity contribution is 6.31. The SMILES string of the molecule is CCC(N)Cc1c(Cl)cccc1N1CCN(C)C(C)(C)C1. The molecule has 0 bridgehead atoms. The lowest BCUT2D eigenvalue weighted by Crippen LogP contribution is -2.57. The Bertz CT molecular complexity index is 487. The van der Waals surface area contributed by atoms with Crippen LogP contribution >= 0.6 is 11.6 Å². The zero-order valence-electron chi connectivity index (χ0n) is 13.7. The molecule has 118 valence electrons. The van der Waals surface area contributed by atoms with Gasteiger partial charge in [-0.15, -0.1) is 0 Å². The Morgan fingerprint density at radius 1 is 1.33 bits per heavy atom. The van der Waals surface area contributed by atoms with Gasteiger partial charge in [0, 0.05) is 41.9 Å². The molecule has 2 rings (SSSR count). The van der Waals surface area contributed by atoms with Gasteiger partial charge in [-0.1, -0.05) is 24.6 Å². The van der Waals surface area contributed by atoms with Crippen molar-refractivity contribution in [3.05, 3.63) is 28.8 Å². The molecule has 0 aromatic heterocycles. The molecule has 1 aliphatic rings. The van der Waals surface area contributed by atoms with Crippen molar-refractivity contribution in [2.24, 2.45) is 5.73 Å². The third-order valence-corrected chi connectivity index (χ3v) is 5.10. The Balaban J connectivity index is 2.29. The first-order chi connectivity index (χ1) is 9.85. The van der Waals surface area contributed by atoms with E-state index < -0.39 is 0 Å². The first-order valence-corrected chi connectivity index (χ1v) is 8.22. The monoisotopic (exact) mass is 309 g/mol. The van der Waals surface area contributed by atoms with Gasteiger partial charge in [0.1, 0.15) is 0 Å². The van der Waals surface area contributed by atoms with E-state index >= 15 is 0 Å². The molecule has 0 radical (unpaired) electrons. The van der Waals surface area contributed by atoms with Crippen molar-refractivity contribution < 1.29 is 0 Å². The Morgan fingerprint density at radius 3 is 2.67 bits per heavy atom. The van der Waals surface area contributed by atoms with Crippen molar-refractivity contribution in [3.63, 3.8) is 0 Å². The summed E-state index contributed by atoms with van der Waals surface area (Å²) in [7, 11) is 2.20. The quantitative estimate of drug-likeness (QED) is 0.927. The predicted molar refractivity (Wildman–Crippen MR) is 92.3 cm³/mol. The summed E-state index contributed by atoms with van der Waals surface area (Å²) < 4.78 is 0. The van der Waals surface area contributed by atoms with Crippen LogP contribution in [0, 0.1) is 0 Å². The highest BCUT2D eigenvalue weighted by Gasteiger charge is 2.32. The summed E-state index contributed by atoms with van der Waals surface area (Å²) in [6.45, 7) is 9.83. The first kappa shape index (κ1) is 16.6. The summed E-state index contributed by atoms with van der Waals surface area (Å²) in [6, 6.07) is 6.38. The summed E-state index contributed by atoms with van der Waals surface area (Å²) in [5.74, 6) is 0. The second-order valence-corrected chi connectivity index (χ2v) is 7.17. The lowest BCUT2D eigenvalue weighted by molar-refractivity contribution is 0.139. The molecule has 1 aromatic carbocycles. The molecule has 1 saturated heterocycles. The molecular weight excluding hydrogens is 282 g/mol.